The molecule has 2 rings (SSSR count). The summed E-state index contributed by atoms with van der Waals surface area (Å²) in [5.74, 6) is -0.709. The lowest BCUT2D eigenvalue weighted by Gasteiger charge is -2.08. The quantitative estimate of drug-likeness (QED) is 0.825. The van der Waals surface area contributed by atoms with Gasteiger partial charge in [-0.3, -0.25) is 4.79 Å². The van der Waals surface area contributed by atoms with Gasteiger partial charge < -0.3 is 10.6 Å². The third kappa shape index (κ3) is 3.69. The number of benzene rings is 1. The lowest BCUT2D eigenvalue weighted by atomic mass is 10.3. The molecule has 0 bridgehead atoms. The van der Waals surface area contributed by atoms with Crippen LogP contribution < -0.4 is 10.6 Å². The molecule has 0 saturated heterocycles. The maximum absolute atomic E-state index is 13.2. The zero-order valence-corrected chi connectivity index (χ0v) is 9.30. The summed E-state index contributed by atoms with van der Waals surface area (Å²) in [5, 5.41) is 5.30. The van der Waals surface area contributed by atoms with E-state index in [9.17, 15) is 13.6 Å². The summed E-state index contributed by atoms with van der Waals surface area (Å²) >= 11 is 0. The Balaban J connectivity index is 1.79. The van der Waals surface area contributed by atoms with Crippen LogP contribution in [0.3, 0.4) is 0 Å². The maximum Gasteiger partial charge on any atom is 0.239 e. The molecule has 17 heavy (non-hydrogen) atoms. The van der Waals surface area contributed by atoms with Gasteiger partial charge in [-0.15, -0.1) is 0 Å². The van der Waals surface area contributed by atoms with Crippen LogP contribution in [0, 0.1) is 17.6 Å². The van der Waals surface area contributed by atoms with Gasteiger partial charge in [-0.2, -0.15) is 0 Å². The van der Waals surface area contributed by atoms with E-state index in [0.29, 0.717) is 12.5 Å². The molecule has 5 heteroatoms. The van der Waals surface area contributed by atoms with Crippen LogP contribution in [-0.2, 0) is 4.79 Å². The zero-order valence-electron chi connectivity index (χ0n) is 9.30. The third-order valence-corrected chi connectivity index (χ3v) is 2.65. The van der Waals surface area contributed by atoms with Gasteiger partial charge in [0.05, 0.1) is 12.2 Å². The Labute approximate surface area is 98.2 Å². The second kappa shape index (κ2) is 5.12. The van der Waals surface area contributed by atoms with Gasteiger partial charge in [-0.1, -0.05) is 0 Å². The molecule has 1 aliphatic rings. The van der Waals surface area contributed by atoms with Crippen molar-refractivity contribution in [2.75, 3.05) is 18.4 Å². The molecule has 1 aromatic rings. The van der Waals surface area contributed by atoms with Crippen molar-refractivity contribution in [3.05, 3.63) is 29.8 Å². The fourth-order valence-corrected chi connectivity index (χ4v) is 1.45. The Morgan fingerprint density at radius 1 is 1.35 bits per heavy atom. The summed E-state index contributed by atoms with van der Waals surface area (Å²) in [4.78, 5) is 11.4. The topological polar surface area (TPSA) is 41.1 Å². The van der Waals surface area contributed by atoms with E-state index in [1.165, 1.54) is 0 Å². The van der Waals surface area contributed by atoms with Gasteiger partial charge in [0.15, 0.2) is 0 Å². The van der Waals surface area contributed by atoms with E-state index < -0.39 is 11.6 Å². The van der Waals surface area contributed by atoms with E-state index in [1.807, 2.05) is 0 Å². The summed E-state index contributed by atoms with van der Waals surface area (Å²) in [6.45, 7) is 0.624. The molecule has 1 fully saturated rings. The number of hydrogen-bond acceptors (Lipinski definition) is 2. The Morgan fingerprint density at radius 2 is 2.12 bits per heavy atom. The zero-order chi connectivity index (χ0) is 12.3. The number of nitrogens with one attached hydrogen (secondary N) is 2. The van der Waals surface area contributed by atoms with Gasteiger partial charge >= 0.3 is 0 Å². The van der Waals surface area contributed by atoms with Crippen molar-refractivity contribution in [3.8, 4) is 0 Å². The molecule has 1 amide bonds. The van der Waals surface area contributed by atoms with Crippen molar-refractivity contribution < 1.29 is 13.6 Å². The minimum Gasteiger partial charge on any atom is -0.374 e. The van der Waals surface area contributed by atoms with Gasteiger partial charge in [0.1, 0.15) is 11.6 Å². The molecule has 92 valence electrons. The van der Waals surface area contributed by atoms with Gasteiger partial charge in [0.2, 0.25) is 5.91 Å². The van der Waals surface area contributed by atoms with Crippen molar-refractivity contribution in [1.29, 1.82) is 0 Å². The average Bonchev–Trinajstić information content (AvgIpc) is 3.11. The van der Waals surface area contributed by atoms with E-state index >= 15 is 0 Å². The summed E-state index contributed by atoms with van der Waals surface area (Å²) in [7, 11) is 0. The number of halogens is 2. The largest absolute Gasteiger partial charge is 0.374 e. The second-order valence-corrected chi connectivity index (χ2v) is 4.23. The molecule has 0 radical (unpaired) electrons. The van der Waals surface area contributed by atoms with Crippen LogP contribution in [-0.4, -0.2) is 19.0 Å². The Hall–Kier alpha value is -1.65. The van der Waals surface area contributed by atoms with Crippen molar-refractivity contribution in [2.45, 2.75) is 12.8 Å². The minimum atomic E-state index is -0.568. The van der Waals surface area contributed by atoms with Crippen LogP contribution >= 0.6 is 0 Å². The molecule has 0 spiro atoms. The Kier molecular flexibility index (Phi) is 3.56. The summed E-state index contributed by atoms with van der Waals surface area (Å²) in [5.41, 5.74) is 0.00609. The first-order valence-electron chi connectivity index (χ1n) is 5.61. The predicted octanol–water partition coefficient (Wildman–Crippen LogP) is 1.90. The lowest BCUT2D eigenvalue weighted by molar-refractivity contribution is -0.119. The van der Waals surface area contributed by atoms with Crippen LogP contribution in [0.1, 0.15) is 12.8 Å². The maximum atomic E-state index is 13.2. The minimum absolute atomic E-state index is 0.00609. The predicted molar refractivity (Wildman–Crippen MR) is 60.6 cm³/mol. The summed E-state index contributed by atoms with van der Waals surface area (Å²) < 4.78 is 26.0. The SMILES string of the molecule is O=C(CNc1cc(F)ccc1F)NCC1CC1. The van der Waals surface area contributed by atoms with Crippen molar-refractivity contribution in [1.82, 2.24) is 5.32 Å². The number of carbonyl (C=O) groups excluding carboxylic acids is 1. The van der Waals surface area contributed by atoms with E-state index in [1.54, 1.807) is 0 Å². The summed E-state index contributed by atoms with van der Waals surface area (Å²) in [6, 6.07) is 3.09. The number of rotatable bonds is 5. The molecule has 1 aromatic carbocycles. The molecule has 0 atom stereocenters. The van der Waals surface area contributed by atoms with Gasteiger partial charge in [0.25, 0.3) is 0 Å². The lowest BCUT2D eigenvalue weighted by Crippen LogP contribution is -2.31. The number of amides is 1. The van der Waals surface area contributed by atoms with E-state index in [-0.39, 0.29) is 18.1 Å². The van der Waals surface area contributed by atoms with Crippen LogP contribution in [0.5, 0.6) is 0 Å². The number of hydrogen-bond donors (Lipinski definition) is 2. The first-order chi connectivity index (χ1) is 8.15. The number of carbonyl (C=O) groups is 1. The van der Waals surface area contributed by atoms with Crippen molar-refractivity contribution >= 4 is 11.6 Å². The normalized spacial score (nSPS) is 14.5. The average molecular weight is 240 g/mol. The van der Waals surface area contributed by atoms with Crippen LogP contribution in [0.15, 0.2) is 18.2 Å². The first kappa shape index (κ1) is 11.8. The highest BCUT2D eigenvalue weighted by atomic mass is 19.1. The molecule has 1 saturated carbocycles. The highest BCUT2D eigenvalue weighted by Gasteiger charge is 2.21. The van der Waals surface area contributed by atoms with Crippen molar-refractivity contribution in [3.63, 3.8) is 0 Å². The molecular formula is C12H14F2N2O. The molecule has 0 aromatic heterocycles. The molecule has 0 heterocycles. The molecule has 3 nitrogen and oxygen atoms in total. The monoisotopic (exact) mass is 240 g/mol. The van der Waals surface area contributed by atoms with Crippen LogP contribution in [0.4, 0.5) is 14.5 Å². The van der Waals surface area contributed by atoms with Gasteiger partial charge in [0, 0.05) is 6.54 Å². The molecule has 0 aliphatic heterocycles. The van der Waals surface area contributed by atoms with Crippen LogP contribution in [0.2, 0.25) is 0 Å². The Morgan fingerprint density at radius 3 is 2.82 bits per heavy atom. The van der Waals surface area contributed by atoms with Crippen molar-refractivity contribution in [2.24, 2.45) is 5.92 Å². The first-order valence-corrected chi connectivity index (χ1v) is 5.61. The molecule has 1 aliphatic carbocycles. The smallest absolute Gasteiger partial charge is 0.239 e. The van der Waals surface area contributed by atoms with Gasteiger partial charge in [-0.25, -0.2) is 8.78 Å². The second-order valence-electron chi connectivity index (χ2n) is 4.23. The standard InChI is InChI=1S/C12H14F2N2O/c13-9-3-4-10(14)11(5-9)15-7-12(17)16-6-8-1-2-8/h3-5,8,15H,1-2,6-7H2,(H,16,17). The fraction of sp³-hybridized carbons (Fsp3) is 0.417. The van der Waals surface area contributed by atoms with Gasteiger partial charge in [-0.05, 0) is 37.0 Å². The number of anilines is 1. The summed E-state index contributed by atoms with van der Waals surface area (Å²) in [6.07, 6.45) is 2.32. The van der Waals surface area contributed by atoms with E-state index in [2.05, 4.69) is 10.6 Å². The van der Waals surface area contributed by atoms with E-state index in [4.69, 9.17) is 0 Å². The Bertz CT molecular complexity index is 419. The molecule has 0 unspecified atom stereocenters. The van der Waals surface area contributed by atoms with Crippen LogP contribution in [0.25, 0.3) is 0 Å². The fourth-order valence-electron chi connectivity index (χ4n) is 1.45. The molecule has 2 N–H and O–H groups in total. The van der Waals surface area contributed by atoms with E-state index in [0.717, 1.165) is 31.0 Å². The molecular weight excluding hydrogens is 226 g/mol. The third-order valence-electron chi connectivity index (χ3n) is 2.65. The highest BCUT2D eigenvalue weighted by molar-refractivity contribution is 5.80. The highest BCUT2D eigenvalue weighted by Crippen LogP contribution is 2.27.